The molecule has 0 aliphatic heterocycles. The highest BCUT2D eigenvalue weighted by atomic mass is 16.3. The van der Waals surface area contributed by atoms with Crippen molar-refractivity contribution in [1.82, 2.24) is 0 Å². The fourth-order valence-corrected chi connectivity index (χ4v) is 4.04. The van der Waals surface area contributed by atoms with Crippen molar-refractivity contribution in [2.24, 2.45) is 0 Å². The summed E-state index contributed by atoms with van der Waals surface area (Å²) in [5.74, 6) is 0.691. The summed E-state index contributed by atoms with van der Waals surface area (Å²) in [5.41, 5.74) is 5.23. The van der Waals surface area contributed by atoms with E-state index in [4.69, 9.17) is 0 Å². The Morgan fingerprint density at radius 1 is 0.552 bits per heavy atom. The molecular weight excluding hydrogens is 356 g/mol. The van der Waals surface area contributed by atoms with Crippen LogP contribution in [0.15, 0.2) is 24.3 Å². The number of phenols is 2. The summed E-state index contributed by atoms with van der Waals surface area (Å²) >= 11 is 0. The van der Waals surface area contributed by atoms with Crippen LogP contribution in [0.2, 0.25) is 0 Å². The largest absolute Gasteiger partial charge is 0.507 e. The van der Waals surface area contributed by atoms with Gasteiger partial charge in [0.2, 0.25) is 0 Å². The van der Waals surface area contributed by atoms with Gasteiger partial charge in [0.25, 0.3) is 0 Å². The summed E-state index contributed by atoms with van der Waals surface area (Å²) in [6.45, 7) is 21.3. The Hall–Kier alpha value is -1.96. The molecule has 2 heteroatoms. The molecule has 0 aliphatic carbocycles. The monoisotopic (exact) mass is 396 g/mol. The van der Waals surface area contributed by atoms with Crippen LogP contribution in [0.1, 0.15) is 103 Å². The highest BCUT2D eigenvalue weighted by Gasteiger charge is 2.34. The third kappa shape index (κ3) is 4.47. The van der Waals surface area contributed by atoms with Gasteiger partial charge in [-0.1, -0.05) is 93.5 Å². The molecule has 29 heavy (non-hydrogen) atoms. The zero-order valence-electron chi connectivity index (χ0n) is 20.1. The molecule has 160 valence electrons. The quantitative estimate of drug-likeness (QED) is 0.576. The minimum absolute atomic E-state index is 0.163. The van der Waals surface area contributed by atoms with E-state index in [1.807, 2.05) is 0 Å². The average molecular weight is 397 g/mol. The van der Waals surface area contributed by atoms with E-state index in [1.165, 1.54) is 11.1 Å². The lowest BCUT2D eigenvalue weighted by molar-refractivity contribution is 0.412. The molecule has 0 aromatic heterocycles. The lowest BCUT2D eigenvalue weighted by Gasteiger charge is -2.33. The van der Waals surface area contributed by atoms with Gasteiger partial charge in [0.1, 0.15) is 11.5 Å². The number of rotatable bonds is 4. The van der Waals surface area contributed by atoms with Gasteiger partial charge in [-0.2, -0.15) is 0 Å². The van der Waals surface area contributed by atoms with Crippen LogP contribution in [-0.2, 0) is 29.1 Å². The summed E-state index contributed by atoms with van der Waals surface area (Å²) in [5, 5.41) is 22.6. The van der Waals surface area contributed by atoms with E-state index >= 15 is 0 Å². The van der Waals surface area contributed by atoms with E-state index in [1.54, 1.807) is 0 Å². The zero-order chi connectivity index (χ0) is 22.4. The van der Waals surface area contributed by atoms with E-state index in [0.29, 0.717) is 11.5 Å². The Kier molecular flexibility index (Phi) is 6.19. The standard InChI is InChI=1S/C27H40O2/c1-11-17-13-19(25(3,4)5)23(28)21(15-17)27(9,10)22-16-18(12-2)14-20(24(22)29)26(6,7)8/h13-16,28-29H,11-12H2,1-10H3. The Balaban J connectivity index is 2.87. The summed E-state index contributed by atoms with van der Waals surface area (Å²) in [7, 11) is 0. The predicted octanol–water partition coefficient (Wildman–Crippen LogP) is 7.14. The molecule has 2 nitrogen and oxygen atoms in total. The van der Waals surface area contributed by atoms with Crippen molar-refractivity contribution >= 4 is 0 Å². The molecule has 2 aromatic carbocycles. The van der Waals surface area contributed by atoms with Crippen molar-refractivity contribution in [2.45, 2.75) is 98.3 Å². The van der Waals surface area contributed by atoms with Gasteiger partial charge in [-0.3, -0.25) is 0 Å². The molecule has 0 bridgehead atoms. The van der Waals surface area contributed by atoms with Crippen LogP contribution in [0.5, 0.6) is 11.5 Å². The smallest absolute Gasteiger partial charge is 0.123 e. The van der Waals surface area contributed by atoms with Gasteiger partial charge < -0.3 is 10.2 Å². The molecular formula is C27H40O2. The van der Waals surface area contributed by atoms with Crippen LogP contribution in [-0.4, -0.2) is 10.2 Å². The number of aryl methyl sites for hydroxylation is 2. The lowest BCUT2D eigenvalue weighted by Crippen LogP contribution is -2.24. The van der Waals surface area contributed by atoms with Crippen molar-refractivity contribution in [1.29, 1.82) is 0 Å². The molecule has 0 unspecified atom stereocenters. The lowest BCUT2D eigenvalue weighted by atomic mass is 9.71. The minimum Gasteiger partial charge on any atom is -0.507 e. The molecule has 0 aliphatic rings. The van der Waals surface area contributed by atoms with Crippen LogP contribution < -0.4 is 0 Å². The molecule has 0 amide bonds. The Bertz CT molecular complexity index is 817. The topological polar surface area (TPSA) is 40.5 Å². The zero-order valence-corrected chi connectivity index (χ0v) is 20.1. The van der Waals surface area contributed by atoms with E-state index in [-0.39, 0.29) is 10.8 Å². The van der Waals surface area contributed by atoms with E-state index in [2.05, 4.69) is 93.5 Å². The van der Waals surface area contributed by atoms with Crippen molar-refractivity contribution in [3.8, 4) is 11.5 Å². The van der Waals surface area contributed by atoms with Gasteiger partial charge in [0, 0.05) is 16.5 Å². The first kappa shape index (κ1) is 23.3. The Morgan fingerprint density at radius 2 is 0.828 bits per heavy atom. The van der Waals surface area contributed by atoms with Gasteiger partial charge >= 0.3 is 0 Å². The predicted molar refractivity (Wildman–Crippen MR) is 124 cm³/mol. The first-order valence-corrected chi connectivity index (χ1v) is 10.9. The normalized spacial score (nSPS) is 13.0. The average Bonchev–Trinajstić information content (AvgIpc) is 2.59. The molecule has 0 radical (unpaired) electrons. The van der Waals surface area contributed by atoms with E-state index in [0.717, 1.165) is 35.1 Å². The second-order valence-electron chi connectivity index (χ2n) is 10.9. The van der Waals surface area contributed by atoms with Crippen LogP contribution in [0.25, 0.3) is 0 Å². The summed E-state index contributed by atoms with van der Waals surface area (Å²) < 4.78 is 0. The van der Waals surface area contributed by atoms with Gasteiger partial charge in [0.05, 0.1) is 0 Å². The maximum Gasteiger partial charge on any atom is 0.123 e. The van der Waals surface area contributed by atoms with Crippen molar-refractivity contribution < 1.29 is 10.2 Å². The van der Waals surface area contributed by atoms with Crippen molar-refractivity contribution in [2.75, 3.05) is 0 Å². The second kappa shape index (κ2) is 7.70. The van der Waals surface area contributed by atoms with Gasteiger partial charge in [-0.15, -0.1) is 0 Å². The summed E-state index contributed by atoms with van der Waals surface area (Å²) in [4.78, 5) is 0. The number of benzene rings is 2. The molecule has 0 saturated heterocycles. The van der Waals surface area contributed by atoms with Gasteiger partial charge in [-0.25, -0.2) is 0 Å². The fourth-order valence-electron chi connectivity index (χ4n) is 4.04. The van der Waals surface area contributed by atoms with Crippen molar-refractivity contribution in [3.63, 3.8) is 0 Å². The van der Waals surface area contributed by atoms with Crippen LogP contribution >= 0.6 is 0 Å². The van der Waals surface area contributed by atoms with E-state index in [9.17, 15) is 10.2 Å². The third-order valence-corrected chi connectivity index (χ3v) is 6.12. The SMILES string of the molecule is CCc1cc(C(C)(C)C)c(O)c(C(C)(C)c2cc(CC)cc(C(C)(C)C)c2O)c1. The molecule has 0 saturated carbocycles. The summed E-state index contributed by atoms with van der Waals surface area (Å²) in [6.07, 6.45) is 1.81. The third-order valence-electron chi connectivity index (χ3n) is 6.12. The highest BCUT2D eigenvalue weighted by Crippen LogP contribution is 2.47. The maximum atomic E-state index is 11.3. The molecule has 2 rings (SSSR count). The first-order chi connectivity index (χ1) is 13.1. The van der Waals surface area contributed by atoms with Crippen molar-refractivity contribution in [3.05, 3.63) is 57.6 Å². The van der Waals surface area contributed by atoms with Crippen LogP contribution in [0.4, 0.5) is 0 Å². The Morgan fingerprint density at radius 3 is 1.07 bits per heavy atom. The second-order valence-corrected chi connectivity index (χ2v) is 10.9. The Labute approximate surface area is 178 Å². The molecule has 0 fully saturated rings. The minimum atomic E-state index is -0.537. The van der Waals surface area contributed by atoms with Gasteiger partial charge in [-0.05, 0) is 45.9 Å². The van der Waals surface area contributed by atoms with Crippen LogP contribution in [0, 0.1) is 0 Å². The first-order valence-electron chi connectivity index (χ1n) is 10.9. The number of aromatic hydroxyl groups is 2. The molecule has 2 aromatic rings. The number of phenolic OH excluding ortho intramolecular Hbond substituents is 2. The van der Waals surface area contributed by atoms with E-state index < -0.39 is 5.41 Å². The highest BCUT2D eigenvalue weighted by molar-refractivity contribution is 5.58. The number of hydrogen-bond acceptors (Lipinski definition) is 2. The number of hydrogen-bond donors (Lipinski definition) is 2. The maximum absolute atomic E-state index is 11.3. The summed E-state index contributed by atoms with van der Waals surface area (Å²) in [6, 6.07) is 8.47. The van der Waals surface area contributed by atoms with Gasteiger partial charge in [0.15, 0.2) is 0 Å². The molecule has 2 N–H and O–H groups in total. The molecule has 0 heterocycles. The fraction of sp³-hybridized carbons (Fsp3) is 0.556. The van der Waals surface area contributed by atoms with Crippen LogP contribution in [0.3, 0.4) is 0 Å². The molecule has 0 spiro atoms. The molecule has 0 atom stereocenters.